The van der Waals surface area contributed by atoms with Gasteiger partial charge in [-0.05, 0) is 26.7 Å². The SMILES string of the molecule is Cc1n[nH]c(C)c1C(=O)N1CCC[C@@H](C(=O)O)C1. The molecule has 2 N–H and O–H groups in total. The average molecular weight is 251 g/mol. The molecule has 0 bridgehead atoms. The van der Waals surface area contributed by atoms with Gasteiger partial charge in [0.05, 0.1) is 17.2 Å². The lowest BCUT2D eigenvalue weighted by atomic mass is 9.97. The quantitative estimate of drug-likeness (QED) is 0.819. The number of likely N-dealkylation sites (tertiary alicyclic amines) is 1. The highest BCUT2D eigenvalue weighted by Gasteiger charge is 2.30. The lowest BCUT2D eigenvalue weighted by Crippen LogP contribution is -2.42. The van der Waals surface area contributed by atoms with Crippen molar-refractivity contribution < 1.29 is 14.7 Å². The number of nitrogens with one attached hydrogen (secondary N) is 1. The van der Waals surface area contributed by atoms with Crippen LogP contribution in [0.2, 0.25) is 0 Å². The van der Waals surface area contributed by atoms with Gasteiger partial charge in [0.25, 0.3) is 5.91 Å². The van der Waals surface area contributed by atoms with E-state index >= 15 is 0 Å². The largest absolute Gasteiger partial charge is 0.481 e. The molecule has 0 radical (unpaired) electrons. The van der Waals surface area contributed by atoms with Gasteiger partial charge in [-0.3, -0.25) is 14.7 Å². The van der Waals surface area contributed by atoms with Crippen molar-refractivity contribution in [1.82, 2.24) is 15.1 Å². The van der Waals surface area contributed by atoms with Crippen LogP contribution < -0.4 is 0 Å². The first-order valence-electron chi connectivity index (χ1n) is 6.04. The Labute approximate surface area is 105 Å². The fraction of sp³-hybridized carbons (Fsp3) is 0.583. The second-order valence-corrected chi connectivity index (χ2v) is 4.74. The zero-order valence-corrected chi connectivity index (χ0v) is 10.6. The Kier molecular flexibility index (Phi) is 3.36. The van der Waals surface area contributed by atoms with Gasteiger partial charge >= 0.3 is 5.97 Å². The van der Waals surface area contributed by atoms with Crippen LogP contribution in [0.4, 0.5) is 0 Å². The van der Waals surface area contributed by atoms with Crippen molar-refractivity contribution in [1.29, 1.82) is 0 Å². The Balaban J connectivity index is 2.17. The number of piperidine rings is 1. The minimum Gasteiger partial charge on any atom is -0.481 e. The zero-order valence-electron chi connectivity index (χ0n) is 10.6. The number of carboxylic acids is 1. The molecule has 1 aromatic heterocycles. The van der Waals surface area contributed by atoms with E-state index in [1.54, 1.807) is 18.7 Å². The number of hydrogen-bond acceptors (Lipinski definition) is 3. The molecule has 18 heavy (non-hydrogen) atoms. The Bertz CT molecular complexity index is 461. The van der Waals surface area contributed by atoms with Crippen molar-refractivity contribution in [3.8, 4) is 0 Å². The van der Waals surface area contributed by atoms with Gasteiger partial charge in [0, 0.05) is 18.8 Å². The van der Waals surface area contributed by atoms with Crippen LogP contribution in [0, 0.1) is 19.8 Å². The summed E-state index contributed by atoms with van der Waals surface area (Å²) in [7, 11) is 0. The minimum atomic E-state index is -0.826. The van der Waals surface area contributed by atoms with Crippen LogP contribution in [-0.4, -0.2) is 45.2 Å². The van der Waals surface area contributed by atoms with Crippen LogP contribution in [0.3, 0.4) is 0 Å². The van der Waals surface area contributed by atoms with Gasteiger partial charge in [0.2, 0.25) is 0 Å². The Morgan fingerprint density at radius 2 is 2.17 bits per heavy atom. The molecule has 2 rings (SSSR count). The van der Waals surface area contributed by atoms with Gasteiger partial charge in [-0.15, -0.1) is 0 Å². The molecule has 1 fully saturated rings. The molecule has 1 aromatic rings. The van der Waals surface area contributed by atoms with Crippen molar-refractivity contribution in [3.05, 3.63) is 17.0 Å². The van der Waals surface area contributed by atoms with Gasteiger partial charge in [-0.25, -0.2) is 0 Å². The third-order valence-electron chi connectivity index (χ3n) is 3.40. The number of nitrogens with zero attached hydrogens (tertiary/aromatic N) is 2. The standard InChI is InChI=1S/C12H17N3O3/c1-7-10(8(2)14-13-7)11(16)15-5-3-4-9(6-15)12(17)18/h9H,3-6H2,1-2H3,(H,13,14)(H,17,18)/t9-/m1/s1. The highest BCUT2D eigenvalue weighted by molar-refractivity contribution is 5.96. The number of aliphatic carboxylic acids is 1. The molecule has 0 aliphatic carbocycles. The molecule has 1 atom stereocenters. The van der Waals surface area contributed by atoms with E-state index in [9.17, 15) is 9.59 Å². The summed E-state index contributed by atoms with van der Waals surface area (Å²) in [5.41, 5.74) is 1.96. The van der Waals surface area contributed by atoms with Crippen LogP contribution >= 0.6 is 0 Å². The maximum Gasteiger partial charge on any atom is 0.308 e. The van der Waals surface area contributed by atoms with Crippen LogP contribution in [0.25, 0.3) is 0 Å². The number of rotatable bonds is 2. The van der Waals surface area contributed by atoms with E-state index in [1.165, 1.54) is 0 Å². The fourth-order valence-corrected chi connectivity index (χ4v) is 2.39. The number of H-pyrrole nitrogens is 1. The molecule has 1 aliphatic heterocycles. The van der Waals surface area contributed by atoms with E-state index in [1.807, 2.05) is 0 Å². The highest BCUT2D eigenvalue weighted by atomic mass is 16.4. The molecule has 0 saturated carbocycles. The lowest BCUT2D eigenvalue weighted by molar-refractivity contribution is -0.143. The topological polar surface area (TPSA) is 86.3 Å². The van der Waals surface area contributed by atoms with E-state index in [-0.39, 0.29) is 12.5 Å². The summed E-state index contributed by atoms with van der Waals surface area (Å²) < 4.78 is 0. The van der Waals surface area contributed by atoms with Crippen molar-refractivity contribution in [2.45, 2.75) is 26.7 Å². The van der Waals surface area contributed by atoms with E-state index in [0.717, 1.165) is 12.1 Å². The molecule has 6 nitrogen and oxygen atoms in total. The normalized spacial score (nSPS) is 19.9. The van der Waals surface area contributed by atoms with Crippen LogP contribution in [-0.2, 0) is 4.79 Å². The average Bonchev–Trinajstić information content (AvgIpc) is 2.68. The van der Waals surface area contributed by atoms with Gasteiger partial charge in [0.15, 0.2) is 0 Å². The third-order valence-corrected chi connectivity index (χ3v) is 3.40. The number of amides is 1. The van der Waals surface area contributed by atoms with Gasteiger partial charge in [-0.2, -0.15) is 5.10 Å². The van der Waals surface area contributed by atoms with Crippen LogP contribution in [0.1, 0.15) is 34.6 Å². The smallest absolute Gasteiger partial charge is 0.308 e. The molecule has 0 spiro atoms. The first-order chi connectivity index (χ1) is 8.50. The minimum absolute atomic E-state index is 0.121. The Morgan fingerprint density at radius 3 is 2.72 bits per heavy atom. The molecular formula is C12H17N3O3. The monoisotopic (exact) mass is 251 g/mol. The van der Waals surface area contributed by atoms with E-state index < -0.39 is 11.9 Å². The van der Waals surface area contributed by atoms with E-state index in [0.29, 0.717) is 24.2 Å². The summed E-state index contributed by atoms with van der Waals surface area (Å²) in [6.45, 7) is 4.48. The molecule has 0 unspecified atom stereocenters. The predicted molar refractivity (Wildman–Crippen MR) is 64.3 cm³/mol. The molecule has 1 saturated heterocycles. The fourth-order valence-electron chi connectivity index (χ4n) is 2.39. The summed E-state index contributed by atoms with van der Waals surface area (Å²) in [6, 6.07) is 0. The van der Waals surface area contributed by atoms with Gasteiger partial charge < -0.3 is 10.0 Å². The number of aryl methyl sites for hydroxylation is 2. The van der Waals surface area contributed by atoms with Crippen molar-refractivity contribution in [2.75, 3.05) is 13.1 Å². The Morgan fingerprint density at radius 1 is 1.44 bits per heavy atom. The summed E-state index contributed by atoms with van der Waals surface area (Å²) >= 11 is 0. The van der Waals surface area contributed by atoms with Gasteiger partial charge in [0.1, 0.15) is 0 Å². The van der Waals surface area contributed by atoms with Crippen molar-refractivity contribution in [2.24, 2.45) is 5.92 Å². The zero-order chi connectivity index (χ0) is 13.3. The van der Waals surface area contributed by atoms with E-state index in [4.69, 9.17) is 5.11 Å². The summed E-state index contributed by atoms with van der Waals surface area (Å²) in [5.74, 6) is -1.40. The summed E-state index contributed by atoms with van der Waals surface area (Å²) in [4.78, 5) is 24.9. The number of hydrogen-bond donors (Lipinski definition) is 2. The van der Waals surface area contributed by atoms with Crippen LogP contribution in [0.5, 0.6) is 0 Å². The molecule has 0 aromatic carbocycles. The molecule has 1 amide bonds. The van der Waals surface area contributed by atoms with E-state index in [2.05, 4.69) is 10.2 Å². The first kappa shape index (κ1) is 12.6. The third kappa shape index (κ3) is 2.23. The molecule has 2 heterocycles. The maximum absolute atomic E-state index is 12.3. The number of aromatic nitrogens is 2. The van der Waals surface area contributed by atoms with Crippen LogP contribution in [0.15, 0.2) is 0 Å². The second-order valence-electron chi connectivity index (χ2n) is 4.74. The first-order valence-corrected chi connectivity index (χ1v) is 6.04. The summed E-state index contributed by atoms with van der Waals surface area (Å²) in [5, 5.41) is 15.8. The van der Waals surface area contributed by atoms with Crippen molar-refractivity contribution in [3.63, 3.8) is 0 Å². The summed E-state index contributed by atoms with van der Waals surface area (Å²) in [6.07, 6.45) is 1.38. The number of aromatic amines is 1. The van der Waals surface area contributed by atoms with Gasteiger partial charge in [-0.1, -0.05) is 0 Å². The predicted octanol–water partition coefficient (Wildman–Crippen LogP) is 0.963. The molecule has 1 aliphatic rings. The molecule has 98 valence electrons. The number of carbonyl (C=O) groups excluding carboxylic acids is 1. The number of carboxylic acid groups (broad SMARTS) is 1. The number of carbonyl (C=O) groups is 2. The molecular weight excluding hydrogens is 234 g/mol. The lowest BCUT2D eigenvalue weighted by Gasteiger charge is -2.30. The maximum atomic E-state index is 12.3. The van der Waals surface area contributed by atoms with Crippen molar-refractivity contribution >= 4 is 11.9 Å². The second kappa shape index (κ2) is 4.80. The Hall–Kier alpha value is -1.85. The highest BCUT2D eigenvalue weighted by Crippen LogP contribution is 2.20. The molecule has 6 heteroatoms.